The second kappa shape index (κ2) is 13.1. The summed E-state index contributed by atoms with van der Waals surface area (Å²) in [6, 6.07) is 73.4. The van der Waals surface area contributed by atoms with Crippen LogP contribution >= 0.6 is 22.7 Å². The zero-order valence-electron chi connectivity index (χ0n) is 29.8. The van der Waals surface area contributed by atoms with E-state index < -0.39 is 0 Å². The van der Waals surface area contributed by atoms with Gasteiger partial charge in [0.15, 0.2) is 0 Å². The van der Waals surface area contributed by atoms with Crippen LogP contribution in [0.3, 0.4) is 0 Å². The predicted molar refractivity (Wildman–Crippen MR) is 241 cm³/mol. The Morgan fingerprint density at radius 1 is 0.309 bits per heavy atom. The van der Waals surface area contributed by atoms with Gasteiger partial charge in [0, 0.05) is 47.0 Å². The van der Waals surface area contributed by atoms with Crippen molar-refractivity contribution in [3.8, 4) is 33.4 Å². The van der Waals surface area contributed by atoms with Gasteiger partial charge < -0.3 is 4.90 Å². The van der Waals surface area contributed by atoms with Crippen molar-refractivity contribution >= 4 is 90.9 Å². The van der Waals surface area contributed by atoms with Crippen molar-refractivity contribution in [2.45, 2.75) is 0 Å². The molecule has 1 nitrogen and oxygen atoms in total. The quantitative estimate of drug-likeness (QED) is 0.164. The molecule has 55 heavy (non-hydrogen) atoms. The molecule has 0 aliphatic carbocycles. The fourth-order valence-electron chi connectivity index (χ4n) is 8.25. The van der Waals surface area contributed by atoms with Gasteiger partial charge >= 0.3 is 0 Å². The summed E-state index contributed by atoms with van der Waals surface area (Å²) in [5.41, 5.74) is 10.8. The van der Waals surface area contributed by atoms with Crippen LogP contribution < -0.4 is 4.90 Å². The molecule has 3 heteroatoms. The third kappa shape index (κ3) is 5.43. The molecular formula is C52H33NS2. The number of thiophene rings is 2. The van der Waals surface area contributed by atoms with E-state index in [1.807, 2.05) is 22.7 Å². The van der Waals surface area contributed by atoms with E-state index in [4.69, 9.17) is 0 Å². The Kier molecular flexibility index (Phi) is 7.61. The van der Waals surface area contributed by atoms with E-state index in [9.17, 15) is 0 Å². The van der Waals surface area contributed by atoms with E-state index >= 15 is 0 Å². The first kappa shape index (κ1) is 32.0. The zero-order valence-corrected chi connectivity index (χ0v) is 31.4. The van der Waals surface area contributed by atoms with E-state index in [1.165, 1.54) is 90.2 Å². The fraction of sp³-hybridized carbons (Fsp3) is 0. The molecule has 11 rings (SSSR count). The van der Waals surface area contributed by atoms with Crippen LogP contribution in [0.2, 0.25) is 0 Å². The molecule has 0 fully saturated rings. The van der Waals surface area contributed by atoms with Crippen LogP contribution in [0.15, 0.2) is 200 Å². The van der Waals surface area contributed by atoms with Crippen LogP contribution in [0.5, 0.6) is 0 Å². The third-order valence-electron chi connectivity index (χ3n) is 10.9. The summed E-state index contributed by atoms with van der Waals surface area (Å²) in [6.07, 6.45) is 0. The smallest absolute Gasteiger partial charge is 0.0640 e. The van der Waals surface area contributed by atoms with Crippen molar-refractivity contribution < 1.29 is 0 Å². The highest BCUT2D eigenvalue weighted by Gasteiger charge is 2.20. The Balaban J connectivity index is 1.09. The summed E-state index contributed by atoms with van der Waals surface area (Å²) in [6.45, 7) is 0. The predicted octanol–water partition coefficient (Wildman–Crippen LogP) is 16.0. The Morgan fingerprint density at radius 3 is 1.84 bits per heavy atom. The molecule has 0 saturated heterocycles. The van der Waals surface area contributed by atoms with Gasteiger partial charge in [0.1, 0.15) is 0 Å². The van der Waals surface area contributed by atoms with Crippen LogP contribution in [0.4, 0.5) is 17.1 Å². The highest BCUT2D eigenvalue weighted by molar-refractivity contribution is 7.27. The van der Waals surface area contributed by atoms with E-state index in [-0.39, 0.29) is 0 Å². The molecule has 0 saturated carbocycles. The molecule has 0 aliphatic heterocycles. The summed E-state index contributed by atoms with van der Waals surface area (Å²) in [7, 11) is 0. The zero-order chi connectivity index (χ0) is 36.3. The molecule has 0 N–H and O–H groups in total. The lowest BCUT2D eigenvalue weighted by molar-refractivity contribution is 1.30. The van der Waals surface area contributed by atoms with E-state index in [0.29, 0.717) is 0 Å². The molecule has 0 aliphatic rings. The van der Waals surface area contributed by atoms with E-state index in [0.717, 1.165) is 11.4 Å². The van der Waals surface area contributed by atoms with Crippen molar-refractivity contribution in [3.05, 3.63) is 200 Å². The minimum atomic E-state index is 1.12. The lowest BCUT2D eigenvalue weighted by Gasteiger charge is -2.27. The van der Waals surface area contributed by atoms with Gasteiger partial charge in [-0.15, -0.1) is 22.7 Å². The molecule has 0 spiro atoms. The number of rotatable bonds is 6. The molecule has 2 aromatic heterocycles. The number of benzene rings is 9. The maximum absolute atomic E-state index is 2.45. The average Bonchev–Trinajstić information content (AvgIpc) is 3.83. The number of hydrogen-bond acceptors (Lipinski definition) is 3. The number of fused-ring (bicyclic) bond motifs is 7. The second-order valence-electron chi connectivity index (χ2n) is 14.1. The minimum absolute atomic E-state index is 1.12. The number of anilines is 3. The maximum atomic E-state index is 2.45. The van der Waals surface area contributed by atoms with Crippen molar-refractivity contribution in [2.75, 3.05) is 4.90 Å². The monoisotopic (exact) mass is 735 g/mol. The molecule has 11 aromatic rings. The summed E-state index contributed by atoms with van der Waals surface area (Å²) in [5, 5.41) is 7.73. The van der Waals surface area contributed by atoms with Gasteiger partial charge in [0.25, 0.3) is 0 Å². The van der Waals surface area contributed by atoms with Crippen LogP contribution in [0, 0.1) is 0 Å². The van der Waals surface area contributed by atoms with Crippen LogP contribution in [-0.2, 0) is 0 Å². The first-order valence-corrected chi connectivity index (χ1v) is 20.3. The molecule has 0 amide bonds. The topological polar surface area (TPSA) is 3.24 Å². The van der Waals surface area contributed by atoms with Gasteiger partial charge in [-0.1, -0.05) is 158 Å². The fourth-order valence-corrected chi connectivity index (χ4v) is 10.7. The lowest BCUT2D eigenvalue weighted by Crippen LogP contribution is -2.10. The first-order valence-electron chi connectivity index (χ1n) is 18.7. The second-order valence-corrected chi connectivity index (χ2v) is 16.2. The molecule has 0 radical (unpaired) electrons. The van der Waals surface area contributed by atoms with E-state index in [2.05, 4.69) is 205 Å². The summed E-state index contributed by atoms with van der Waals surface area (Å²) >= 11 is 3.76. The molecule has 0 bridgehead atoms. The summed E-state index contributed by atoms with van der Waals surface area (Å²) in [4.78, 5) is 2.45. The molecular weight excluding hydrogens is 703 g/mol. The van der Waals surface area contributed by atoms with Crippen molar-refractivity contribution in [1.29, 1.82) is 0 Å². The van der Waals surface area contributed by atoms with Crippen LogP contribution in [0.25, 0.3) is 84.5 Å². The Morgan fingerprint density at radius 2 is 0.945 bits per heavy atom. The summed E-state index contributed by atoms with van der Waals surface area (Å²) in [5.74, 6) is 0. The molecule has 0 atom stereocenters. The van der Waals surface area contributed by atoms with Gasteiger partial charge in [-0.05, 0) is 86.6 Å². The first-order chi connectivity index (χ1) is 27.3. The van der Waals surface area contributed by atoms with Crippen LogP contribution in [-0.4, -0.2) is 0 Å². The highest BCUT2D eigenvalue weighted by Crippen LogP contribution is 2.48. The highest BCUT2D eigenvalue weighted by atomic mass is 32.1. The van der Waals surface area contributed by atoms with Crippen LogP contribution in [0.1, 0.15) is 0 Å². The average molecular weight is 736 g/mol. The van der Waals surface area contributed by atoms with Gasteiger partial charge in [0.05, 0.1) is 10.4 Å². The SMILES string of the molecule is c1ccc(-c2cccc3c2sc2c(N(c4ccc(-c5ccc6c(c5)sc5ccccc56)cc4)c4cccc(-c5cccc6ccccc56)c4)cccc23)cc1. The van der Waals surface area contributed by atoms with Crippen molar-refractivity contribution in [3.63, 3.8) is 0 Å². The normalized spacial score (nSPS) is 11.6. The third-order valence-corrected chi connectivity index (χ3v) is 13.3. The Labute approximate surface area is 327 Å². The Hall–Kier alpha value is -6.52. The molecule has 9 aromatic carbocycles. The number of nitrogens with zero attached hydrogens (tertiary/aromatic N) is 1. The lowest BCUT2D eigenvalue weighted by atomic mass is 9.97. The molecule has 0 unspecified atom stereocenters. The maximum Gasteiger partial charge on any atom is 0.0640 e. The summed E-state index contributed by atoms with van der Waals surface area (Å²) < 4.78 is 5.24. The van der Waals surface area contributed by atoms with Gasteiger partial charge in [-0.3, -0.25) is 0 Å². The Bertz CT molecular complexity index is 3200. The minimum Gasteiger partial charge on any atom is -0.309 e. The largest absolute Gasteiger partial charge is 0.309 e. The van der Waals surface area contributed by atoms with Gasteiger partial charge in [-0.2, -0.15) is 0 Å². The van der Waals surface area contributed by atoms with Crippen molar-refractivity contribution in [1.82, 2.24) is 0 Å². The number of hydrogen-bond donors (Lipinski definition) is 0. The van der Waals surface area contributed by atoms with Gasteiger partial charge in [-0.25, -0.2) is 0 Å². The van der Waals surface area contributed by atoms with E-state index in [1.54, 1.807) is 0 Å². The van der Waals surface area contributed by atoms with Crippen molar-refractivity contribution in [2.24, 2.45) is 0 Å². The van der Waals surface area contributed by atoms with Gasteiger partial charge in [0.2, 0.25) is 0 Å². The standard InChI is InChI=1S/C52H33NS2/c1-2-12-36(13-3-1)43-21-10-22-46-47-23-11-24-48(52(47)55-51(43)46)53(40-17-8-16-38(32-40)42-20-9-15-35-14-4-5-18-41(35)42)39-29-26-34(27-30-39)37-28-31-45-44-19-6-7-25-49(44)54-50(45)33-37/h1-33H. The molecule has 258 valence electrons. The molecule has 2 heterocycles.